The van der Waals surface area contributed by atoms with E-state index in [9.17, 15) is 18.4 Å². The highest BCUT2D eigenvalue weighted by Crippen LogP contribution is 2.28. The second-order valence-electron chi connectivity index (χ2n) is 10.1. The van der Waals surface area contributed by atoms with Crippen LogP contribution in [0.5, 0.6) is 0 Å². The van der Waals surface area contributed by atoms with Crippen molar-refractivity contribution in [2.75, 3.05) is 36.5 Å². The summed E-state index contributed by atoms with van der Waals surface area (Å²) < 4.78 is 36.6. The number of ether oxygens (including phenoxy) is 1. The third-order valence-electron chi connectivity index (χ3n) is 7.18. The lowest BCUT2D eigenvalue weighted by atomic mass is 10.1. The van der Waals surface area contributed by atoms with E-state index in [-0.39, 0.29) is 11.6 Å². The number of halogens is 2. The van der Waals surface area contributed by atoms with Gasteiger partial charge in [-0.1, -0.05) is 17.7 Å². The van der Waals surface area contributed by atoms with Crippen LogP contribution in [-0.4, -0.2) is 52.9 Å². The number of hydrogen-bond donors (Lipinski definition) is 1. The Morgan fingerprint density at radius 1 is 1.13 bits per heavy atom. The molecule has 0 saturated carbocycles. The molecule has 2 aromatic carbocycles. The van der Waals surface area contributed by atoms with Crippen molar-refractivity contribution in [2.45, 2.75) is 19.8 Å². The molecule has 2 fully saturated rings. The van der Waals surface area contributed by atoms with Gasteiger partial charge in [-0.15, -0.1) is 0 Å². The molecule has 6 rings (SSSR count). The number of carbonyl (C=O) groups excluding carboxylic acids is 1. The van der Waals surface area contributed by atoms with Crippen LogP contribution in [0, 0.1) is 23.5 Å². The maximum absolute atomic E-state index is 14.4. The Bertz CT molecular complexity index is 1660. The lowest BCUT2D eigenvalue weighted by molar-refractivity contribution is -0.424. The Labute approximate surface area is 222 Å². The lowest BCUT2D eigenvalue weighted by Crippen LogP contribution is -2.34. The summed E-state index contributed by atoms with van der Waals surface area (Å²) in [6.07, 6.45) is 5.97. The number of aromatic nitrogens is 2. The Morgan fingerprint density at radius 3 is 2.67 bits per heavy atom. The average molecular weight is 534 g/mol. The topological polar surface area (TPSA) is 91.8 Å². The van der Waals surface area contributed by atoms with Crippen molar-refractivity contribution < 1.29 is 23.0 Å². The molecule has 2 atom stereocenters. The lowest BCUT2D eigenvalue weighted by Gasteiger charge is -2.22. The minimum Gasteiger partial charge on any atom is -0.381 e. The Morgan fingerprint density at radius 2 is 1.95 bits per heavy atom. The van der Waals surface area contributed by atoms with Crippen LogP contribution < -0.4 is 26.4 Å². The van der Waals surface area contributed by atoms with Crippen LogP contribution in [0.15, 0.2) is 52.4 Å². The summed E-state index contributed by atoms with van der Waals surface area (Å²) in [7, 11) is 0. The average Bonchev–Trinajstić information content (AvgIpc) is 3.66. The van der Waals surface area contributed by atoms with Crippen LogP contribution in [0.3, 0.4) is 0 Å². The highest BCUT2D eigenvalue weighted by atomic mass is 19.1. The number of para-hydroxylation sites is 1. The van der Waals surface area contributed by atoms with E-state index in [0.29, 0.717) is 22.9 Å². The van der Waals surface area contributed by atoms with Gasteiger partial charge in [0.05, 0.1) is 29.1 Å². The van der Waals surface area contributed by atoms with Gasteiger partial charge in [0.2, 0.25) is 6.20 Å². The molecular weight excluding hydrogens is 506 g/mol. The quantitative estimate of drug-likeness (QED) is 0.507. The third kappa shape index (κ3) is 4.85. The van der Waals surface area contributed by atoms with Gasteiger partial charge in [0.15, 0.2) is 17.8 Å². The van der Waals surface area contributed by atoms with E-state index >= 15 is 0 Å². The first-order chi connectivity index (χ1) is 18.9. The predicted molar refractivity (Wildman–Crippen MR) is 141 cm³/mol. The molecule has 0 bridgehead atoms. The molecule has 0 aliphatic carbocycles. The first kappa shape index (κ1) is 25.1. The number of nitrogens with one attached hydrogen (secondary N) is 1. The van der Waals surface area contributed by atoms with E-state index in [4.69, 9.17) is 9.84 Å². The normalized spacial score (nSPS) is 21.1. The zero-order valence-electron chi connectivity index (χ0n) is 21.3. The van der Waals surface area contributed by atoms with Crippen LogP contribution >= 0.6 is 0 Å². The molecular formula is C28H27F2N6O3+. The molecule has 4 heterocycles. The summed E-state index contributed by atoms with van der Waals surface area (Å²) in [6, 6.07) is 9.17. The molecule has 9 nitrogen and oxygen atoms in total. The van der Waals surface area contributed by atoms with Crippen molar-refractivity contribution in [2.24, 2.45) is 16.9 Å². The van der Waals surface area contributed by atoms with Gasteiger partial charge >= 0.3 is 0 Å². The number of hydrogen-bond acceptors (Lipinski definition) is 6. The molecule has 1 unspecified atom stereocenters. The zero-order valence-corrected chi connectivity index (χ0v) is 21.3. The van der Waals surface area contributed by atoms with Gasteiger partial charge in [-0.2, -0.15) is 9.78 Å². The first-order valence-electron chi connectivity index (χ1n) is 12.9. The molecule has 3 aliphatic heterocycles. The van der Waals surface area contributed by atoms with E-state index in [1.165, 1.54) is 12.1 Å². The minimum absolute atomic E-state index is 0.164. The first-order valence-corrected chi connectivity index (χ1v) is 12.9. The Kier molecular flexibility index (Phi) is 6.51. The summed E-state index contributed by atoms with van der Waals surface area (Å²) >= 11 is 0. The molecule has 1 amide bonds. The Balaban J connectivity index is 1.38. The molecule has 1 aromatic heterocycles. The molecule has 200 valence electrons. The number of nitrogens with zero attached hydrogens (tertiary/aromatic N) is 5. The fourth-order valence-electron chi connectivity index (χ4n) is 5.21. The molecule has 1 N–H and O–H groups in total. The molecule has 3 aromatic rings. The second kappa shape index (κ2) is 10.1. The highest BCUT2D eigenvalue weighted by Gasteiger charge is 2.27. The van der Waals surface area contributed by atoms with Gasteiger partial charge in [0, 0.05) is 30.9 Å². The maximum Gasteiger partial charge on any atom is 0.276 e. The van der Waals surface area contributed by atoms with Crippen LogP contribution in [0.25, 0.3) is 11.9 Å². The van der Waals surface area contributed by atoms with Crippen molar-refractivity contribution in [1.29, 1.82) is 0 Å². The van der Waals surface area contributed by atoms with Crippen molar-refractivity contribution >= 4 is 29.7 Å². The molecule has 11 heteroatoms. The van der Waals surface area contributed by atoms with Crippen LogP contribution in [-0.2, 0) is 4.74 Å². The van der Waals surface area contributed by atoms with Gasteiger partial charge in [0.25, 0.3) is 11.5 Å². The van der Waals surface area contributed by atoms with Gasteiger partial charge in [-0.05, 0) is 49.1 Å². The van der Waals surface area contributed by atoms with Crippen LogP contribution in [0.1, 0.15) is 30.3 Å². The predicted octanol–water partition coefficient (Wildman–Crippen LogP) is 2.02. The van der Waals surface area contributed by atoms with Crippen LogP contribution in [0.4, 0.5) is 20.2 Å². The van der Waals surface area contributed by atoms with Gasteiger partial charge in [-0.3, -0.25) is 9.59 Å². The second-order valence-corrected chi connectivity index (χ2v) is 10.1. The molecule has 3 aliphatic rings. The van der Waals surface area contributed by atoms with E-state index in [1.54, 1.807) is 6.07 Å². The van der Waals surface area contributed by atoms with Crippen molar-refractivity contribution in [1.82, 2.24) is 9.78 Å². The Hall–Kier alpha value is -4.25. The van der Waals surface area contributed by atoms with Crippen molar-refractivity contribution in [3.63, 3.8) is 0 Å². The summed E-state index contributed by atoms with van der Waals surface area (Å²) in [5, 5.41) is 13.3. The van der Waals surface area contributed by atoms with Gasteiger partial charge in [-0.25, -0.2) is 8.78 Å². The number of amides is 1. The fourth-order valence-corrected chi connectivity index (χ4v) is 5.21. The standard InChI is InChI=1S/C28H26F2N6O3/c1-17-9-11-34(13-17)26-19-15-35(14-18-10-12-39-16-18)32-22(19)5-6-23(26)31-28(38)24-7-8-25(37)36(33-24)27-20(29)3-2-4-21(27)30/h2-8,14-15,17-18H,9-13,16H2,1H3/p+1/b35-14+/t17-,18?/m1/s1. The fraction of sp³-hybridized carbons (Fsp3) is 0.321. The van der Waals surface area contributed by atoms with E-state index in [0.717, 1.165) is 67.0 Å². The molecule has 39 heavy (non-hydrogen) atoms. The van der Waals surface area contributed by atoms with Gasteiger partial charge in [0.1, 0.15) is 16.7 Å². The number of carbonyl (C=O) groups is 1. The number of rotatable bonds is 5. The number of fused-ring (bicyclic) bond motifs is 1. The van der Waals surface area contributed by atoms with Crippen molar-refractivity contribution in [3.8, 4) is 5.69 Å². The smallest absolute Gasteiger partial charge is 0.276 e. The summed E-state index contributed by atoms with van der Waals surface area (Å²) in [6.45, 7) is 5.23. The molecule has 0 spiro atoms. The monoisotopic (exact) mass is 533 g/mol. The largest absolute Gasteiger partial charge is 0.381 e. The molecule has 2 saturated heterocycles. The van der Waals surface area contributed by atoms with E-state index in [1.807, 2.05) is 17.0 Å². The summed E-state index contributed by atoms with van der Waals surface area (Å²) in [5.41, 5.74) is -0.159. The SMILES string of the molecule is C[C@@H]1CCN(c2c(NC(=O)c3ccc(=O)n(-c4c(F)cccc4F)n3)ccc3c2=C/[N+](=C\C2CCOC2)N=3)C1. The highest BCUT2D eigenvalue weighted by molar-refractivity contribution is 6.04. The number of benzene rings is 2. The van der Waals surface area contributed by atoms with E-state index < -0.39 is 28.8 Å². The minimum atomic E-state index is -0.962. The number of anilines is 2. The van der Waals surface area contributed by atoms with Crippen LogP contribution in [0.2, 0.25) is 0 Å². The van der Waals surface area contributed by atoms with Gasteiger partial charge < -0.3 is 15.0 Å². The molecule has 0 radical (unpaired) electrons. The summed E-state index contributed by atoms with van der Waals surface area (Å²) in [5.74, 6) is -1.76. The third-order valence-corrected chi connectivity index (χ3v) is 7.18. The maximum atomic E-state index is 14.4. The van der Waals surface area contributed by atoms with Crippen molar-refractivity contribution in [3.05, 3.63) is 80.7 Å². The van der Waals surface area contributed by atoms with E-state index in [2.05, 4.69) is 28.5 Å². The summed E-state index contributed by atoms with van der Waals surface area (Å²) in [4.78, 5) is 28.0. The zero-order chi connectivity index (χ0) is 27.1.